The van der Waals surface area contributed by atoms with Gasteiger partial charge in [-0.15, -0.1) is 11.3 Å². The molecule has 1 saturated heterocycles. The molecule has 0 radical (unpaired) electrons. The van der Waals surface area contributed by atoms with Gasteiger partial charge in [0, 0.05) is 24.0 Å². The number of amides is 1. The third-order valence-electron chi connectivity index (χ3n) is 4.33. The Morgan fingerprint density at radius 2 is 2.23 bits per heavy atom. The van der Waals surface area contributed by atoms with Gasteiger partial charge in [-0.25, -0.2) is 4.98 Å². The summed E-state index contributed by atoms with van der Waals surface area (Å²) in [4.78, 5) is 29.7. The number of methoxy groups -OCH3 is 1. The first-order valence-corrected chi connectivity index (χ1v) is 9.22. The monoisotopic (exact) mass is 376 g/mol. The van der Waals surface area contributed by atoms with Crippen molar-refractivity contribution in [3.8, 4) is 11.5 Å². The molecule has 8 heteroatoms. The minimum atomic E-state index is -0.856. The van der Waals surface area contributed by atoms with Gasteiger partial charge in [0.2, 0.25) is 0 Å². The van der Waals surface area contributed by atoms with Gasteiger partial charge in [0.1, 0.15) is 6.61 Å². The maximum Gasteiger partial charge on any atom is 0.308 e. The van der Waals surface area contributed by atoms with Crippen LogP contribution in [0, 0.1) is 5.92 Å². The van der Waals surface area contributed by atoms with Gasteiger partial charge in [-0.1, -0.05) is 0 Å². The van der Waals surface area contributed by atoms with Crippen molar-refractivity contribution in [1.82, 2.24) is 9.88 Å². The summed E-state index contributed by atoms with van der Waals surface area (Å²) in [7, 11) is 1.51. The minimum absolute atomic E-state index is 0.194. The highest BCUT2D eigenvalue weighted by atomic mass is 32.1. The van der Waals surface area contributed by atoms with Crippen LogP contribution in [0.1, 0.15) is 28.9 Å². The van der Waals surface area contributed by atoms with Crippen molar-refractivity contribution >= 4 is 23.2 Å². The van der Waals surface area contributed by atoms with E-state index in [4.69, 9.17) is 9.47 Å². The van der Waals surface area contributed by atoms with Crippen LogP contribution in [0.2, 0.25) is 0 Å². The summed E-state index contributed by atoms with van der Waals surface area (Å²) in [5.41, 5.74) is 3.01. The number of benzene rings is 1. The number of aromatic nitrogens is 1. The number of piperidine rings is 1. The van der Waals surface area contributed by atoms with Gasteiger partial charge in [-0.3, -0.25) is 9.59 Å². The van der Waals surface area contributed by atoms with E-state index in [9.17, 15) is 14.7 Å². The van der Waals surface area contributed by atoms with Crippen LogP contribution in [-0.4, -0.2) is 47.1 Å². The lowest BCUT2D eigenvalue weighted by Crippen LogP contribution is -2.42. The number of nitrogens with zero attached hydrogens (tertiary/aromatic N) is 2. The molecule has 1 amide bonds. The zero-order valence-corrected chi connectivity index (χ0v) is 15.2. The van der Waals surface area contributed by atoms with E-state index >= 15 is 0 Å². The van der Waals surface area contributed by atoms with E-state index in [-0.39, 0.29) is 12.5 Å². The summed E-state index contributed by atoms with van der Waals surface area (Å²) in [6, 6.07) is 4.99. The molecule has 2 aromatic rings. The fourth-order valence-electron chi connectivity index (χ4n) is 2.93. The van der Waals surface area contributed by atoms with Crippen molar-refractivity contribution in [3.63, 3.8) is 0 Å². The van der Waals surface area contributed by atoms with Crippen LogP contribution in [0.4, 0.5) is 0 Å². The van der Waals surface area contributed by atoms with E-state index < -0.39 is 11.9 Å². The normalized spacial score (nSPS) is 17.0. The van der Waals surface area contributed by atoms with Gasteiger partial charge in [0.15, 0.2) is 11.5 Å². The molecule has 1 fully saturated rings. The fourth-order valence-corrected chi connectivity index (χ4v) is 3.47. The highest BCUT2D eigenvalue weighted by molar-refractivity contribution is 7.07. The highest BCUT2D eigenvalue weighted by Gasteiger charge is 2.29. The molecule has 1 unspecified atom stereocenters. The number of carbonyl (C=O) groups is 2. The fraction of sp³-hybridized carbons (Fsp3) is 0.389. The van der Waals surface area contributed by atoms with Crippen molar-refractivity contribution < 1.29 is 24.2 Å². The van der Waals surface area contributed by atoms with E-state index in [0.717, 1.165) is 5.69 Å². The molecule has 1 aliphatic rings. The van der Waals surface area contributed by atoms with Gasteiger partial charge >= 0.3 is 5.97 Å². The third-order valence-corrected chi connectivity index (χ3v) is 4.96. The number of carbonyl (C=O) groups excluding carboxylic acids is 1. The van der Waals surface area contributed by atoms with Crippen LogP contribution in [0.25, 0.3) is 0 Å². The Balaban J connectivity index is 1.71. The molecule has 0 aliphatic carbocycles. The van der Waals surface area contributed by atoms with E-state index in [0.29, 0.717) is 43.1 Å². The average Bonchev–Trinajstić information content (AvgIpc) is 3.19. The Kier molecular flexibility index (Phi) is 5.72. The molecule has 7 nitrogen and oxygen atoms in total. The van der Waals surface area contributed by atoms with Crippen molar-refractivity contribution in [2.75, 3.05) is 20.2 Å². The summed E-state index contributed by atoms with van der Waals surface area (Å²) in [5, 5.41) is 11.1. The van der Waals surface area contributed by atoms with Crippen LogP contribution in [0.15, 0.2) is 29.1 Å². The SMILES string of the molecule is COc1cc(C(=O)N2CCCC(C(=O)O)C2)ccc1OCc1cscn1. The predicted molar refractivity (Wildman–Crippen MR) is 95.7 cm³/mol. The summed E-state index contributed by atoms with van der Waals surface area (Å²) in [5.74, 6) is -0.571. The molecule has 138 valence electrons. The lowest BCUT2D eigenvalue weighted by molar-refractivity contribution is -0.143. The highest BCUT2D eigenvalue weighted by Crippen LogP contribution is 2.30. The van der Waals surface area contributed by atoms with Gasteiger partial charge in [0.25, 0.3) is 5.91 Å². The molecular weight excluding hydrogens is 356 g/mol. The second-order valence-electron chi connectivity index (χ2n) is 6.06. The average molecular weight is 376 g/mol. The number of hydrogen-bond donors (Lipinski definition) is 1. The van der Waals surface area contributed by atoms with Crippen molar-refractivity contribution in [2.45, 2.75) is 19.4 Å². The molecule has 2 heterocycles. The van der Waals surface area contributed by atoms with Crippen LogP contribution in [-0.2, 0) is 11.4 Å². The number of likely N-dealkylation sites (tertiary alicyclic amines) is 1. The number of rotatable bonds is 6. The predicted octanol–water partition coefficient (Wildman–Crippen LogP) is 2.67. The van der Waals surface area contributed by atoms with Gasteiger partial charge in [-0.05, 0) is 31.0 Å². The number of ether oxygens (including phenoxy) is 2. The lowest BCUT2D eigenvalue weighted by atomic mass is 9.97. The largest absolute Gasteiger partial charge is 0.493 e. The first-order chi connectivity index (χ1) is 12.6. The second-order valence-corrected chi connectivity index (χ2v) is 6.78. The molecule has 1 aromatic carbocycles. The Labute approximate surface area is 155 Å². The van der Waals surface area contributed by atoms with E-state index in [1.807, 2.05) is 5.38 Å². The van der Waals surface area contributed by atoms with Gasteiger partial charge in [-0.2, -0.15) is 0 Å². The third kappa shape index (κ3) is 4.13. The second kappa shape index (κ2) is 8.18. The van der Waals surface area contributed by atoms with E-state index in [1.54, 1.807) is 28.6 Å². The van der Waals surface area contributed by atoms with Crippen LogP contribution >= 0.6 is 11.3 Å². The molecule has 0 saturated carbocycles. The standard InChI is InChI=1S/C18H20N2O5S/c1-24-16-7-12(4-5-15(16)25-9-14-10-26-11-19-14)17(21)20-6-2-3-13(8-20)18(22)23/h4-5,7,10-11,13H,2-3,6,8-9H2,1H3,(H,22,23). The summed E-state index contributed by atoms with van der Waals surface area (Å²) in [6.07, 6.45) is 1.29. The summed E-state index contributed by atoms with van der Waals surface area (Å²) in [6.45, 7) is 1.12. The summed E-state index contributed by atoms with van der Waals surface area (Å²) < 4.78 is 11.1. The molecule has 1 N–H and O–H groups in total. The number of carboxylic acid groups (broad SMARTS) is 1. The number of aliphatic carboxylic acids is 1. The Morgan fingerprint density at radius 3 is 2.92 bits per heavy atom. The number of hydrogen-bond acceptors (Lipinski definition) is 6. The zero-order chi connectivity index (χ0) is 18.5. The van der Waals surface area contributed by atoms with Gasteiger partial charge < -0.3 is 19.5 Å². The number of carboxylic acids is 1. The topological polar surface area (TPSA) is 89.0 Å². The zero-order valence-electron chi connectivity index (χ0n) is 14.4. The molecule has 26 heavy (non-hydrogen) atoms. The van der Waals surface area contributed by atoms with Crippen molar-refractivity contribution in [3.05, 3.63) is 40.3 Å². The van der Waals surface area contributed by atoms with Crippen LogP contribution < -0.4 is 9.47 Å². The van der Waals surface area contributed by atoms with Gasteiger partial charge in [0.05, 0.1) is 24.2 Å². The Bertz CT molecular complexity index is 778. The molecule has 1 aliphatic heterocycles. The molecule has 0 bridgehead atoms. The molecule has 0 spiro atoms. The summed E-state index contributed by atoms with van der Waals surface area (Å²) >= 11 is 1.49. The molecular formula is C18H20N2O5S. The Morgan fingerprint density at radius 1 is 1.38 bits per heavy atom. The van der Waals surface area contributed by atoms with Crippen molar-refractivity contribution in [1.29, 1.82) is 0 Å². The van der Waals surface area contributed by atoms with Crippen LogP contribution in [0.5, 0.6) is 11.5 Å². The van der Waals surface area contributed by atoms with E-state index in [2.05, 4.69) is 4.98 Å². The van der Waals surface area contributed by atoms with Crippen LogP contribution in [0.3, 0.4) is 0 Å². The van der Waals surface area contributed by atoms with E-state index in [1.165, 1.54) is 18.4 Å². The first kappa shape index (κ1) is 18.2. The maximum atomic E-state index is 12.7. The Hall–Kier alpha value is -2.61. The molecule has 1 atom stereocenters. The first-order valence-electron chi connectivity index (χ1n) is 8.28. The molecule has 3 rings (SSSR count). The van der Waals surface area contributed by atoms with Crippen molar-refractivity contribution in [2.24, 2.45) is 5.92 Å². The molecule has 1 aromatic heterocycles. The maximum absolute atomic E-state index is 12.7. The minimum Gasteiger partial charge on any atom is -0.493 e. The quantitative estimate of drug-likeness (QED) is 0.834. The number of thiazole rings is 1. The lowest BCUT2D eigenvalue weighted by Gasteiger charge is -2.30. The smallest absolute Gasteiger partial charge is 0.308 e.